The Kier molecular flexibility index (Phi) is 8.16. The Labute approximate surface area is 231 Å². The lowest BCUT2D eigenvalue weighted by atomic mass is 10.1. The molecule has 200 valence electrons. The molecule has 0 aromatic heterocycles. The normalized spacial score (nSPS) is 13.1. The molecular formula is C30H27ClN2O6. The molecular weight excluding hydrogens is 520 g/mol. The molecule has 0 radical (unpaired) electrons. The van der Waals surface area contributed by atoms with Crippen molar-refractivity contribution in [2.24, 2.45) is 0 Å². The van der Waals surface area contributed by atoms with Gasteiger partial charge in [-0.25, -0.2) is 14.5 Å². The number of imide groups is 1. The quantitative estimate of drug-likeness (QED) is 0.215. The number of nitrogens with zero attached hydrogens (tertiary/aromatic N) is 1. The number of carbonyl (C=O) groups excluding carboxylic acids is 4. The van der Waals surface area contributed by atoms with Gasteiger partial charge >= 0.3 is 11.9 Å². The fourth-order valence-electron chi connectivity index (χ4n) is 3.94. The van der Waals surface area contributed by atoms with Crippen LogP contribution < -0.4 is 15.0 Å². The van der Waals surface area contributed by atoms with Crippen LogP contribution in [0.25, 0.3) is 0 Å². The van der Waals surface area contributed by atoms with Gasteiger partial charge in [-0.05, 0) is 92.4 Å². The molecule has 0 spiro atoms. The van der Waals surface area contributed by atoms with Crippen molar-refractivity contribution in [2.75, 3.05) is 16.8 Å². The highest BCUT2D eigenvalue weighted by Crippen LogP contribution is 2.31. The van der Waals surface area contributed by atoms with E-state index in [0.29, 0.717) is 35.6 Å². The van der Waals surface area contributed by atoms with Crippen molar-refractivity contribution in [2.45, 2.75) is 34.1 Å². The average molecular weight is 547 g/mol. The van der Waals surface area contributed by atoms with Crippen LogP contribution in [0.3, 0.4) is 0 Å². The minimum Gasteiger partial charge on any atom is -0.462 e. The molecule has 0 unspecified atom stereocenters. The second-order valence-corrected chi connectivity index (χ2v) is 9.44. The van der Waals surface area contributed by atoms with Gasteiger partial charge in [0.1, 0.15) is 16.5 Å². The first kappa shape index (κ1) is 27.6. The second-order valence-electron chi connectivity index (χ2n) is 9.06. The molecule has 0 bridgehead atoms. The SMILES string of the molecule is CCCOC(=O)c1ccc(N2C(=O)C(Cl)=C(Nc3ccc(C(=O)Oc4c(C)ccc(C)c4C)cc3)C2=O)cc1. The van der Waals surface area contributed by atoms with Gasteiger partial charge in [-0.1, -0.05) is 30.7 Å². The molecule has 0 saturated heterocycles. The maximum Gasteiger partial charge on any atom is 0.343 e. The Bertz CT molecular complexity index is 1490. The van der Waals surface area contributed by atoms with Gasteiger partial charge in [0, 0.05) is 5.69 Å². The van der Waals surface area contributed by atoms with Gasteiger partial charge in [0.25, 0.3) is 11.8 Å². The smallest absolute Gasteiger partial charge is 0.343 e. The molecule has 3 aromatic carbocycles. The van der Waals surface area contributed by atoms with E-state index < -0.39 is 23.8 Å². The average Bonchev–Trinajstić information content (AvgIpc) is 3.15. The van der Waals surface area contributed by atoms with E-state index in [1.54, 1.807) is 24.3 Å². The molecule has 1 aliphatic rings. The van der Waals surface area contributed by atoms with Crippen molar-refractivity contribution in [1.29, 1.82) is 0 Å². The summed E-state index contributed by atoms with van der Waals surface area (Å²) in [6.07, 6.45) is 0.695. The molecule has 0 aliphatic carbocycles. The number of benzene rings is 3. The standard InChI is InChI=1S/C30H27ClN2O6/c1-5-16-38-29(36)20-10-14-23(15-11-20)33-27(34)24(31)25(28(33)35)32-22-12-8-21(9-13-22)30(37)39-26-18(3)7-6-17(2)19(26)4/h6-15,32H,5,16H2,1-4H3. The molecule has 1 heterocycles. The maximum atomic E-state index is 13.1. The van der Waals surface area contributed by atoms with E-state index in [-0.39, 0.29) is 16.4 Å². The molecule has 8 nitrogen and oxygen atoms in total. The van der Waals surface area contributed by atoms with Gasteiger partial charge in [0.05, 0.1) is 23.4 Å². The molecule has 1 N–H and O–H groups in total. The van der Waals surface area contributed by atoms with Crippen molar-refractivity contribution < 1.29 is 28.7 Å². The van der Waals surface area contributed by atoms with E-state index in [0.717, 1.165) is 21.6 Å². The number of hydrogen-bond acceptors (Lipinski definition) is 7. The highest BCUT2D eigenvalue weighted by molar-refractivity contribution is 6.53. The van der Waals surface area contributed by atoms with Crippen LogP contribution in [0.2, 0.25) is 0 Å². The van der Waals surface area contributed by atoms with Crippen LogP contribution in [0.5, 0.6) is 5.75 Å². The molecule has 2 amide bonds. The Hall–Kier alpha value is -4.43. The van der Waals surface area contributed by atoms with Crippen LogP contribution in [0.1, 0.15) is 50.8 Å². The highest BCUT2D eigenvalue weighted by atomic mass is 35.5. The predicted octanol–water partition coefficient (Wildman–Crippen LogP) is 5.83. The van der Waals surface area contributed by atoms with Gasteiger partial charge in [-0.2, -0.15) is 0 Å². The van der Waals surface area contributed by atoms with Crippen LogP contribution in [0.4, 0.5) is 11.4 Å². The molecule has 0 saturated carbocycles. The molecule has 3 aromatic rings. The van der Waals surface area contributed by atoms with Crippen LogP contribution in [0, 0.1) is 20.8 Å². The van der Waals surface area contributed by atoms with Gasteiger partial charge in [-0.3, -0.25) is 9.59 Å². The zero-order valence-electron chi connectivity index (χ0n) is 22.0. The van der Waals surface area contributed by atoms with Gasteiger partial charge in [0.15, 0.2) is 0 Å². The Morgan fingerprint density at radius 1 is 0.821 bits per heavy atom. The van der Waals surface area contributed by atoms with Crippen molar-refractivity contribution >= 4 is 46.7 Å². The summed E-state index contributed by atoms with van der Waals surface area (Å²) in [5, 5.41) is 2.60. The predicted molar refractivity (Wildman–Crippen MR) is 148 cm³/mol. The Morgan fingerprint density at radius 3 is 2.05 bits per heavy atom. The number of anilines is 2. The fourth-order valence-corrected chi connectivity index (χ4v) is 4.15. The minimum atomic E-state index is -0.699. The van der Waals surface area contributed by atoms with Crippen molar-refractivity contribution in [3.05, 3.63) is 99.2 Å². The molecule has 4 rings (SSSR count). The first-order chi connectivity index (χ1) is 18.6. The number of rotatable bonds is 8. The number of amides is 2. The van der Waals surface area contributed by atoms with E-state index in [1.165, 1.54) is 24.3 Å². The molecule has 0 atom stereocenters. The highest BCUT2D eigenvalue weighted by Gasteiger charge is 2.39. The van der Waals surface area contributed by atoms with Crippen LogP contribution >= 0.6 is 11.6 Å². The van der Waals surface area contributed by atoms with E-state index in [2.05, 4.69) is 5.32 Å². The maximum absolute atomic E-state index is 13.1. The van der Waals surface area contributed by atoms with E-state index in [1.807, 2.05) is 39.8 Å². The summed E-state index contributed by atoms with van der Waals surface area (Å²) in [5.41, 5.74) is 3.97. The van der Waals surface area contributed by atoms with E-state index in [4.69, 9.17) is 21.1 Å². The number of halogens is 1. The number of hydrogen-bond donors (Lipinski definition) is 1. The van der Waals surface area contributed by atoms with Gasteiger partial charge < -0.3 is 14.8 Å². The van der Waals surface area contributed by atoms with Crippen molar-refractivity contribution in [3.63, 3.8) is 0 Å². The van der Waals surface area contributed by atoms with Gasteiger partial charge in [-0.15, -0.1) is 0 Å². The summed E-state index contributed by atoms with van der Waals surface area (Å²) in [7, 11) is 0. The third-order valence-corrected chi connectivity index (χ3v) is 6.63. The number of aryl methyl sites for hydroxylation is 2. The molecule has 0 fully saturated rings. The summed E-state index contributed by atoms with van der Waals surface area (Å²) in [6.45, 7) is 7.90. The summed E-state index contributed by atoms with van der Waals surface area (Å²) in [5.74, 6) is -1.83. The summed E-state index contributed by atoms with van der Waals surface area (Å²) < 4.78 is 10.7. The Balaban J connectivity index is 1.46. The lowest BCUT2D eigenvalue weighted by molar-refractivity contribution is -0.120. The summed E-state index contributed by atoms with van der Waals surface area (Å²) in [4.78, 5) is 51.6. The lowest BCUT2D eigenvalue weighted by Gasteiger charge is -2.15. The van der Waals surface area contributed by atoms with E-state index >= 15 is 0 Å². The van der Waals surface area contributed by atoms with E-state index in [9.17, 15) is 19.2 Å². The third kappa shape index (κ3) is 5.71. The third-order valence-electron chi connectivity index (χ3n) is 6.28. The van der Waals surface area contributed by atoms with Crippen LogP contribution in [-0.2, 0) is 14.3 Å². The molecule has 1 aliphatic heterocycles. The van der Waals surface area contributed by atoms with Crippen molar-refractivity contribution in [3.8, 4) is 5.75 Å². The zero-order chi connectivity index (χ0) is 28.3. The first-order valence-corrected chi connectivity index (χ1v) is 12.7. The fraction of sp³-hybridized carbons (Fsp3) is 0.200. The van der Waals surface area contributed by atoms with Crippen LogP contribution in [0.15, 0.2) is 71.4 Å². The summed E-state index contributed by atoms with van der Waals surface area (Å²) >= 11 is 6.23. The summed E-state index contributed by atoms with van der Waals surface area (Å²) in [6, 6.07) is 16.0. The topological polar surface area (TPSA) is 102 Å². The minimum absolute atomic E-state index is 0.102. The molecule has 39 heavy (non-hydrogen) atoms. The number of ether oxygens (including phenoxy) is 2. The number of nitrogens with one attached hydrogen (secondary N) is 1. The first-order valence-electron chi connectivity index (χ1n) is 12.3. The second kappa shape index (κ2) is 11.5. The number of carbonyl (C=O) groups is 4. The number of esters is 2. The van der Waals surface area contributed by atoms with Gasteiger partial charge in [0.2, 0.25) is 0 Å². The van der Waals surface area contributed by atoms with Crippen LogP contribution in [-0.4, -0.2) is 30.4 Å². The molecule has 9 heteroatoms. The van der Waals surface area contributed by atoms with Crippen molar-refractivity contribution in [1.82, 2.24) is 0 Å². The monoisotopic (exact) mass is 546 g/mol. The zero-order valence-corrected chi connectivity index (χ0v) is 22.7. The lowest BCUT2D eigenvalue weighted by Crippen LogP contribution is -2.32. The Morgan fingerprint density at radius 2 is 1.41 bits per heavy atom. The largest absolute Gasteiger partial charge is 0.462 e.